The van der Waals surface area contributed by atoms with Gasteiger partial charge in [-0.3, -0.25) is 4.79 Å². The fourth-order valence-electron chi connectivity index (χ4n) is 2.91. The van der Waals surface area contributed by atoms with Crippen molar-refractivity contribution < 1.29 is 34.7 Å². The van der Waals surface area contributed by atoms with E-state index in [1.165, 1.54) is 0 Å². The van der Waals surface area contributed by atoms with E-state index < -0.39 is 29.8 Å². The van der Waals surface area contributed by atoms with Crippen LogP contribution in [0.1, 0.15) is 36.0 Å². The number of carbonyl (C=O) groups excluding carboxylic acids is 1. The summed E-state index contributed by atoms with van der Waals surface area (Å²) in [6.45, 7) is -0.214. The Labute approximate surface area is 175 Å². The molecule has 1 aliphatic rings. The van der Waals surface area contributed by atoms with Crippen LogP contribution in [0.25, 0.3) is 0 Å². The van der Waals surface area contributed by atoms with E-state index in [9.17, 15) is 25.2 Å². The van der Waals surface area contributed by atoms with Gasteiger partial charge in [0.2, 0.25) is 5.12 Å². The summed E-state index contributed by atoms with van der Waals surface area (Å²) in [5.41, 5.74) is 0.414. The predicted octanol–water partition coefficient (Wildman–Crippen LogP) is 0.486. The van der Waals surface area contributed by atoms with Gasteiger partial charge < -0.3 is 35.2 Å². The van der Waals surface area contributed by atoms with Gasteiger partial charge >= 0.3 is 0 Å². The van der Waals surface area contributed by atoms with Crippen molar-refractivity contribution in [2.24, 2.45) is 0 Å². The third-order valence-electron chi connectivity index (χ3n) is 4.47. The second kappa shape index (κ2) is 12.5. The molecule has 1 saturated carbocycles. The minimum Gasteiger partial charge on any atom is -0.390 e. The van der Waals surface area contributed by atoms with E-state index in [1.807, 2.05) is 0 Å². The highest BCUT2D eigenvalue weighted by molar-refractivity contribution is 8.00. The number of nitrogens with one attached hydrogen (secondary N) is 1. The zero-order valence-electron chi connectivity index (χ0n) is 16.4. The van der Waals surface area contributed by atoms with Crippen LogP contribution in [0.5, 0.6) is 0 Å². The molecule has 0 bridgehead atoms. The summed E-state index contributed by atoms with van der Waals surface area (Å²) in [6.07, 6.45) is 2.88. The first-order chi connectivity index (χ1) is 13.9. The van der Waals surface area contributed by atoms with Crippen molar-refractivity contribution in [3.05, 3.63) is 35.9 Å². The van der Waals surface area contributed by atoms with Crippen molar-refractivity contribution in [2.45, 2.75) is 49.1 Å². The third-order valence-corrected chi connectivity index (χ3v) is 5.63. The van der Waals surface area contributed by atoms with E-state index in [0.717, 1.165) is 25.7 Å². The first-order valence-electron chi connectivity index (χ1n) is 9.83. The number of ether oxygens (including phenoxy) is 2. The van der Waals surface area contributed by atoms with Gasteiger partial charge in [0.25, 0.3) is 5.91 Å². The van der Waals surface area contributed by atoms with E-state index in [-0.39, 0.29) is 31.7 Å². The Morgan fingerprint density at radius 1 is 1.10 bits per heavy atom. The Bertz CT molecular complexity index is 596. The van der Waals surface area contributed by atoms with Crippen LogP contribution in [0.15, 0.2) is 30.3 Å². The molecule has 0 aromatic heterocycles. The van der Waals surface area contributed by atoms with E-state index in [0.29, 0.717) is 17.3 Å². The first-order valence-corrected chi connectivity index (χ1v) is 10.8. The molecule has 0 radical (unpaired) electrons. The Hall–Kier alpha value is -1.20. The summed E-state index contributed by atoms with van der Waals surface area (Å²) in [4.78, 5) is 11.9. The lowest BCUT2D eigenvalue weighted by Crippen LogP contribution is -2.41. The minimum atomic E-state index is -2.22. The quantitative estimate of drug-likeness (QED) is 0.287. The molecule has 164 valence electrons. The number of amides is 1. The molecule has 2 rings (SSSR count). The van der Waals surface area contributed by atoms with Crippen LogP contribution in [-0.4, -0.2) is 81.9 Å². The monoisotopic (exact) mass is 429 g/mol. The van der Waals surface area contributed by atoms with Crippen molar-refractivity contribution in [1.29, 1.82) is 0 Å². The molecule has 1 aliphatic carbocycles. The summed E-state index contributed by atoms with van der Waals surface area (Å²) in [6, 6.07) is 8.44. The zero-order valence-corrected chi connectivity index (χ0v) is 17.2. The Morgan fingerprint density at radius 3 is 2.45 bits per heavy atom. The standard InChI is InChI=1S/C20H31NO7S/c22-16(12-28-18-8-4-5-9-18)10-27-11-17(23)13-29-20(25,26)14-21-19(24)15-6-2-1-3-7-15/h1-3,6-7,16-18,22-23,25-26H,4-5,8-14H2,(H,21,24). The van der Waals surface area contributed by atoms with Crippen LogP contribution >= 0.6 is 11.8 Å². The molecule has 0 aliphatic heterocycles. The Morgan fingerprint density at radius 2 is 1.76 bits per heavy atom. The van der Waals surface area contributed by atoms with Gasteiger partial charge in [0.05, 0.1) is 38.6 Å². The number of rotatable bonds is 13. The Balaban J connectivity index is 1.55. The van der Waals surface area contributed by atoms with E-state index in [4.69, 9.17) is 9.47 Å². The van der Waals surface area contributed by atoms with Crippen molar-refractivity contribution in [3.8, 4) is 0 Å². The molecule has 1 aromatic carbocycles. The minimum absolute atomic E-state index is 0.0110. The molecular weight excluding hydrogens is 398 g/mol. The molecule has 2 atom stereocenters. The molecule has 9 heteroatoms. The molecule has 0 saturated heterocycles. The molecule has 0 heterocycles. The summed E-state index contributed by atoms with van der Waals surface area (Å²) in [7, 11) is 0. The van der Waals surface area contributed by atoms with Gasteiger partial charge in [-0.2, -0.15) is 0 Å². The van der Waals surface area contributed by atoms with Crippen molar-refractivity contribution >= 4 is 17.7 Å². The molecular formula is C20H31NO7S. The molecule has 8 nitrogen and oxygen atoms in total. The van der Waals surface area contributed by atoms with Gasteiger partial charge in [0, 0.05) is 11.3 Å². The highest BCUT2D eigenvalue weighted by Gasteiger charge is 2.26. The maximum Gasteiger partial charge on any atom is 0.251 e. The van der Waals surface area contributed by atoms with Gasteiger partial charge in [0.1, 0.15) is 6.10 Å². The second-order valence-electron chi connectivity index (χ2n) is 7.19. The number of benzene rings is 1. The van der Waals surface area contributed by atoms with Crippen LogP contribution in [0.2, 0.25) is 0 Å². The van der Waals surface area contributed by atoms with Gasteiger partial charge in [0.15, 0.2) is 0 Å². The Kier molecular flexibility index (Phi) is 10.4. The predicted molar refractivity (Wildman–Crippen MR) is 109 cm³/mol. The molecule has 29 heavy (non-hydrogen) atoms. The number of aliphatic hydroxyl groups is 4. The van der Waals surface area contributed by atoms with Crippen LogP contribution in [0, 0.1) is 0 Å². The largest absolute Gasteiger partial charge is 0.390 e. The van der Waals surface area contributed by atoms with Crippen LogP contribution < -0.4 is 5.32 Å². The summed E-state index contributed by atoms with van der Waals surface area (Å²) >= 11 is 0.689. The van der Waals surface area contributed by atoms with Gasteiger partial charge in [-0.15, -0.1) is 0 Å². The van der Waals surface area contributed by atoms with Crippen LogP contribution in [0.3, 0.4) is 0 Å². The molecule has 2 unspecified atom stereocenters. The average molecular weight is 430 g/mol. The highest BCUT2D eigenvalue weighted by Crippen LogP contribution is 2.21. The number of hydrogen-bond acceptors (Lipinski definition) is 8. The fourth-order valence-corrected chi connectivity index (χ4v) is 3.64. The van der Waals surface area contributed by atoms with Gasteiger partial charge in [-0.05, 0) is 25.0 Å². The molecule has 1 fully saturated rings. The maximum atomic E-state index is 11.9. The van der Waals surface area contributed by atoms with Gasteiger partial charge in [-0.25, -0.2) is 0 Å². The SMILES string of the molecule is O=C(NCC(O)(O)SCC(O)COCC(O)COC1CCCC1)c1ccccc1. The number of aliphatic hydroxyl groups excluding tert-OH is 2. The maximum absolute atomic E-state index is 11.9. The summed E-state index contributed by atoms with van der Waals surface area (Å²) < 4.78 is 10.9. The lowest BCUT2D eigenvalue weighted by Gasteiger charge is -2.23. The number of thioether (sulfide) groups is 1. The fraction of sp³-hybridized carbons (Fsp3) is 0.650. The normalized spacial score (nSPS) is 17.2. The van der Waals surface area contributed by atoms with E-state index in [1.54, 1.807) is 30.3 Å². The van der Waals surface area contributed by atoms with E-state index in [2.05, 4.69) is 5.32 Å². The summed E-state index contributed by atoms with van der Waals surface area (Å²) in [5.74, 6) is -0.431. The van der Waals surface area contributed by atoms with Crippen molar-refractivity contribution in [2.75, 3.05) is 32.1 Å². The highest BCUT2D eigenvalue weighted by atomic mass is 32.2. The van der Waals surface area contributed by atoms with Crippen molar-refractivity contribution in [1.82, 2.24) is 5.32 Å². The smallest absolute Gasteiger partial charge is 0.251 e. The topological polar surface area (TPSA) is 128 Å². The van der Waals surface area contributed by atoms with Crippen LogP contribution in [-0.2, 0) is 9.47 Å². The third kappa shape index (κ3) is 9.90. The molecule has 1 amide bonds. The van der Waals surface area contributed by atoms with Crippen molar-refractivity contribution in [3.63, 3.8) is 0 Å². The zero-order chi connectivity index (χ0) is 21.1. The number of hydrogen-bond donors (Lipinski definition) is 5. The van der Waals surface area contributed by atoms with Crippen LogP contribution in [0.4, 0.5) is 0 Å². The van der Waals surface area contributed by atoms with E-state index >= 15 is 0 Å². The molecule has 1 aromatic rings. The molecule has 0 spiro atoms. The van der Waals surface area contributed by atoms with Gasteiger partial charge in [-0.1, -0.05) is 42.8 Å². The average Bonchev–Trinajstić information content (AvgIpc) is 3.23. The second-order valence-corrected chi connectivity index (χ2v) is 8.46. The lowest BCUT2D eigenvalue weighted by atomic mass is 10.2. The summed E-state index contributed by atoms with van der Waals surface area (Å²) in [5, 5.41) is 39.9. The first kappa shape index (κ1) is 24.1. The number of carbonyl (C=O) groups is 1. The lowest BCUT2D eigenvalue weighted by molar-refractivity contribution is -0.0727. The molecule has 5 N–H and O–H groups in total.